The topological polar surface area (TPSA) is 42.0 Å². The number of epoxide rings is 1. The Labute approximate surface area is 52.6 Å². The number of ether oxygens (including phenoxy) is 2. The van der Waals surface area contributed by atoms with E-state index in [2.05, 4.69) is 0 Å². The van der Waals surface area contributed by atoms with Gasteiger partial charge < -0.3 is 14.6 Å². The fourth-order valence-corrected chi connectivity index (χ4v) is 1.93. The van der Waals surface area contributed by atoms with Crippen molar-refractivity contribution in [1.82, 2.24) is 0 Å². The Morgan fingerprint density at radius 2 is 2.00 bits per heavy atom. The van der Waals surface area contributed by atoms with Gasteiger partial charge in [-0.25, -0.2) is 0 Å². The van der Waals surface area contributed by atoms with E-state index in [0.717, 1.165) is 6.42 Å². The predicted molar refractivity (Wildman–Crippen MR) is 27.9 cm³/mol. The maximum atomic E-state index is 9.21. The zero-order chi connectivity index (χ0) is 6.01. The van der Waals surface area contributed by atoms with Crippen molar-refractivity contribution in [2.45, 2.75) is 36.9 Å². The van der Waals surface area contributed by atoms with Crippen molar-refractivity contribution in [3.63, 3.8) is 0 Å². The smallest absolute Gasteiger partial charge is 0.115 e. The quantitative estimate of drug-likeness (QED) is 0.438. The maximum absolute atomic E-state index is 9.21. The van der Waals surface area contributed by atoms with Gasteiger partial charge in [-0.05, 0) is 0 Å². The van der Waals surface area contributed by atoms with Crippen LogP contribution in [0.2, 0.25) is 0 Å². The number of hydrogen-bond acceptors (Lipinski definition) is 3. The highest BCUT2D eigenvalue weighted by Gasteiger charge is 2.64. The van der Waals surface area contributed by atoms with Crippen molar-refractivity contribution in [3.8, 4) is 0 Å². The van der Waals surface area contributed by atoms with E-state index in [4.69, 9.17) is 9.47 Å². The average molecular weight is 128 g/mol. The molecule has 2 bridgehead atoms. The van der Waals surface area contributed by atoms with Gasteiger partial charge >= 0.3 is 0 Å². The third kappa shape index (κ3) is 0.407. The van der Waals surface area contributed by atoms with Crippen LogP contribution in [-0.2, 0) is 9.47 Å². The van der Waals surface area contributed by atoms with Crippen LogP contribution in [-0.4, -0.2) is 35.6 Å². The molecule has 3 heteroatoms. The lowest BCUT2D eigenvalue weighted by atomic mass is 9.98. The SMILES string of the molecule is O[C@H]1C[C@H]2O[C@@H]1[C@@H]1O[C@@H]12. The number of fused-ring (bicyclic) bond motifs is 5. The van der Waals surface area contributed by atoms with Crippen LogP contribution in [0.15, 0.2) is 0 Å². The van der Waals surface area contributed by atoms with Gasteiger partial charge in [0.05, 0.1) is 12.2 Å². The van der Waals surface area contributed by atoms with E-state index in [-0.39, 0.29) is 24.4 Å². The number of rotatable bonds is 0. The maximum Gasteiger partial charge on any atom is 0.115 e. The molecule has 5 atom stereocenters. The van der Waals surface area contributed by atoms with Crippen LogP contribution in [0, 0.1) is 0 Å². The van der Waals surface area contributed by atoms with Gasteiger partial charge in [0.25, 0.3) is 0 Å². The van der Waals surface area contributed by atoms with Gasteiger partial charge in [0.2, 0.25) is 0 Å². The minimum Gasteiger partial charge on any atom is -0.390 e. The summed E-state index contributed by atoms with van der Waals surface area (Å²) in [6.07, 6.45) is 1.36. The molecule has 3 fully saturated rings. The van der Waals surface area contributed by atoms with Gasteiger partial charge in [-0.3, -0.25) is 0 Å². The summed E-state index contributed by atoms with van der Waals surface area (Å²) < 4.78 is 10.6. The zero-order valence-corrected chi connectivity index (χ0v) is 4.86. The minimum absolute atomic E-state index is 0.0139. The lowest BCUT2D eigenvalue weighted by molar-refractivity contribution is -0.00705. The first-order chi connectivity index (χ1) is 4.36. The van der Waals surface area contributed by atoms with E-state index in [1.807, 2.05) is 0 Å². The van der Waals surface area contributed by atoms with Gasteiger partial charge in [-0.1, -0.05) is 0 Å². The van der Waals surface area contributed by atoms with Gasteiger partial charge in [-0.2, -0.15) is 0 Å². The molecule has 0 aromatic heterocycles. The van der Waals surface area contributed by atoms with E-state index in [1.54, 1.807) is 0 Å². The van der Waals surface area contributed by atoms with Crippen LogP contribution in [0.1, 0.15) is 6.42 Å². The normalized spacial score (nSPS) is 68.3. The molecule has 9 heavy (non-hydrogen) atoms. The lowest BCUT2D eigenvalue weighted by Gasteiger charge is -2.07. The standard InChI is InChI=1S/C6H8O3/c7-2-1-3-5-6(9-5)4(2)8-3/h2-7H,1H2/t2-,3+,4-,5+,6-/m0/s1. The molecule has 50 valence electrons. The molecule has 3 aliphatic rings. The molecule has 0 spiro atoms. The highest BCUT2D eigenvalue weighted by molar-refractivity contribution is 5.11. The third-order valence-corrected chi connectivity index (χ3v) is 2.44. The van der Waals surface area contributed by atoms with Crippen LogP contribution in [0.25, 0.3) is 0 Å². The molecule has 0 aromatic rings. The summed E-state index contributed by atoms with van der Waals surface area (Å²) in [5.41, 5.74) is 0. The largest absolute Gasteiger partial charge is 0.390 e. The molecular formula is C6H8O3. The number of aliphatic hydroxyl groups excluding tert-OH is 1. The second-order valence-corrected chi connectivity index (χ2v) is 3.01. The summed E-state index contributed by atoms with van der Waals surface area (Å²) in [4.78, 5) is 0. The van der Waals surface area contributed by atoms with Gasteiger partial charge in [0.15, 0.2) is 0 Å². The second kappa shape index (κ2) is 1.17. The molecule has 0 unspecified atom stereocenters. The molecule has 0 aliphatic carbocycles. The molecule has 1 N–H and O–H groups in total. The fraction of sp³-hybridized carbons (Fsp3) is 1.00. The Hall–Kier alpha value is -0.120. The van der Waals surface area contributed by atoms with Gasteiger partial charge in [-0.15, -0.1) is 0 Å². The van der Waals surface area contributed by atoms with Crippen LogP contribution >= 0.6 is 0 Å². The average Bonchev–Trinajstić information content (AvgIpc) is 2.46. The highest BCUT2D eigenvalue weighted by Crippen LogP contribution is 2.47. The van der Waals surface area contributed by atoms with Crippen LogP contribution in [0.3, 0.4) is 0 Å². The highest BCUT2D eigenvalue weighted by atomic mass is 16.7. The summed E-state index contributed by atoms with van der Waals surface area (Å²) >= 11 is 0. The number of hydrogen-bond donors (Lipinski definition) is 1. The van der Waals surface area contributed by atoms with Gasteiger partial charge in [0.1, 0.15) is 18.3 Å². The predicted octanol–water partition coefficient (Wildman–Crippen LogP) is -0.714. The van der Waals surface area contributed by atoms with Crippen molar-refractivity contribution < 1.29 is 14.6 Å². The molecule has 3 saturated heterocycles. The Morgan fingerprint density at radius 1 is 1.11 bits per heavy atom. The summed E-state index contributed by atoms with van der Waals surface area (Å²) in [7, 11) is 0. The first-order valence-corrected chi connectivity index (χ1v) is 3.35. The van der Waals surface area contributed by atoms with Crippen molar-refractivity contribution >= 4 is 0 Å². The lowest BCUT2D eigenvalue weighted by Crippen LogP contribution is -2.28. The molecule has 0 aromatic carbocycles. The van der Waals surface area contributed by atoms with E-state index in [9.17, 15) is 5.11 Å². The number of aliphatic hydroxyl groups is 1. The second-order valence-electron chi connectivity index (χ2n) is 3.01. The van der Waals surface area contributed by atoms with E-state index in [1.165, 1.54) is 0 Å². The molecule has 0 amide bonds. The zero-order valence-electron chi connectivity index (χ0n) is 4.86. The van der Waals surface area contributed by atoms with Crippen LogP contribution in [0.5, 0.6) is 0 Å². The van der Waals surface area contributed by atoms with E-state index < -0.39 is 0 Å². The summed E-state index contributed by atoms with van der Waals surface area (Å²) in [6, 6.07) is 0. The van der Waals surface area contributed by atoms with Crippen molar-refractivity contribution in [1.29, 1.82) is 0 Å². The first kappa shape index (κ1) is 4.66. The van der Waals surface area contributed by atoms with Crippen molar-refractivity contribution in [2.75, 3.05) is 0 Å². The summed E-state index contributed by atoms with van der Waals surface area (Å²) in [5, 5.41) is 9.21. The molecule has 0 saturated carbocycles. The van der Waals surface area contributed by atoms with Crippen molar-refractivity contribution in [3.05, 3.63) is 0 Å². The summed E-state index contributed by atoms with van der Waals surface area (Å²) in [6.45, 7) is 0. The Balaban J connectivity index is 1.96. The Bertz CT molecular complexity index is 154. The molecule has 3 rings (SSSR count). The monoisotopic (exact) mass is 128 g/mol. The molecule has 3 heterocycles. The van der Waals surface area contributed by atoms with E-state index >= 15 is 0 Å². The van der Waals surface area contributed by atoms with Gasteiger partial charge in [0, 0.05) is 6.42 Å². The van der Waals surface area contributed by atoms with Crippen LogP contribution < -0.4 is 0 Å². The molecule has 0 radical (unpaired) electrons. The minimum atomic E-state index is -0.251. The molecule has 3 aliphatic heterocycles. The fourth-order valence-electron chi connectivity index (χ4n) is 1.93. The molecule has 3 nitrogen and oxygen atoms in total. The van der Waals surface area contributed by atoms with E-state index in [0.29, 0.717) is 6.10 Å². The molecular weight excluding hydrogens is 120 g/mol. The Kier molecular flexibility index (Phi) is 0.604. The Morgan fingerprint density at radius 3 is 2.56 bits per heavy atom. The first-order valence-electron chi connectivity index (χ1n) is 3.35. The van der Waals surface area contributed by atoms with Crippen molar-refractivity contribution in [2.24, 2.45) is 0 Å². The summed E-state index contributed by atoms with van der Waals surface area (Å²) in [5.74, 6) is 0. The third-order valence-electron chi connectivity index (χ3n) is 2.44. The van der Waals surface area contributed by atoms with Crippen LogP contribution in [0.4, 0.5) is 0 Å².